The van der Waals surface area contributed by atoms with Crippen LogP contribution in [0.25, 0.3) is 11.2 Å². The highest BCUT2D eigenvalue weighted by Crippen LogP contribution is 2.38. The van der Waals surface area contributed by atoms with Crippen molar-refractivity contribution in [2.24, 2.45) is 5.41 Å². The second-order valence-corrected chi connectivity index (χ2v) is 5.93. The Labute approximate surface area is 132 Å². The van der Waals surface area contributed by atoms with Crippen LogP contribution >= 0.6 is 0 Å². The standard InChI is InChI=1S/C14H20N6O3/c1-2-3-14(12(22)23)4-5-20(6-8(14)21)11-9-10(17-7-16-9)18-13(15)19-11/h7-8,21H,2-6H2,1H3,(H,22,23)(H3,15,16,17,18,19)/t8-,14+/m1/s1. The zero-order chi connectivity index (χ0) is 16.6. The van der Waals surface area contributed by atoms with Crippen molar-refractivity contribution in [2.75, 3.05) is 23.7 Å². The van der Waals surface area contributed by atoms with Gasteiger partial charge in [0, 0.05) is 13.1 Å². The van der Waals surface area contributed by atoms with Crippen molar-refractivity contribution in [3.05, 3.63) is 6.33 Å². The number of anilines is 2. The van der Waals surface area contributed by atoms with Gasteiger partial charge in [-0.2, -0.15) is 9.97 Å². The van der Waals surface area contributed by atoms with Crippen molar-refractivity contribution in [1.82, 2.24) is 19.9 Å². The minimum absolute atomic E-state index is 0.0951. The van der Waals surface area contributed by atoms with E-state index in [0.29, 0.717) is 42.8 Å². The summed E-state index contributed by atoms with van der Waals surface area (Å²) < 4.78 is 0. The Morgan fingerprint density at radius 3 is 3.00 bits per heavy atom. The summed E-state index contributed by atoms with van der Waals surface area (Å²) in [5.41, 5.74) is 5.69. The molecule has 9 nitrogen and oxygen atoms in total. The number of nitrogens with one attached hydrogen (secondary N) is 1. The Morgan fingerprint density at radius 2 is 2.35 bits per heavy atom. The lowest BCUT2D eigenvalue weighted by atomic mass is 9.73. The number of imidazole rings is 1. The van der Waals surface area contributed by atoms with Crippen molar-refractivity contribution < 1.29 is 15.0 Å². The minimum atomic E-state index is -1.10. The van der Waals surface area contributed by atoms with Crippen LogP contribution in [0.15, 0.2) is 6.33 Å². The van der Waals surface area contributed by atoms with Gasteiger partial charge < -0.3 is 25.8 Å². The molecule has 9 heteroatoms. The van der Waals surface area contributed by atoms with Crippen molar-refractivity contribution in [2.45, 2.75) is 32.3 Å². The van der Waals surface area contributed by atoms with Crippen LogP contribution in [0.3, 0.4) is 0 Å². The first kappa shape index (κ1) is 15.5. The van der Waals surface area contributed by atoms with Gasteiger partial charge in [-0.05, 0) is 12.8 Å². The summed E-state index contributed by atoms with van der Waals surface area (Å²) >= 11 is 0. The number of H-pyrrole nitrogens is 1. The largest absolute Gasteiger partial charge is 0.481 e. The molecule has 2 aromatic rings. The first-order chi connectivity index (χ1) is 11.0. The molecule has 1 fully saturated rings. The number of fused-ring (bicyclic) bond motifs is 1. The van der Waals surface area contributed by atoms with E-state index in [-0.39, 0.29) is 12.5 Å². The maximum Gasteiger partial charge on any atom is 0.312 e. The molecule has 5 N–H and O–H groups in total. The molecule has 2 aromatic heterocycles. The van der Waals surface area contributed by atoms with Crippen molar-refractivity contribution in [3.63, 3.8) is 0 Å². The fourth-order valence-corrected chi connectivity index (χ4v) is 3.33. The van der Waals surface area contributed by atoms with Crippen molar-refractivity contribution >= 4 is 28.9 Å². The Hall–Kier alpha value is -2.42. The molecule has 0 unspecified atom stereocenters. The van der Waals surface area contributed by atoms with E-state index >= 15 is 0 Å². The van der Waals surface area contributed by atoms with E-state index in [1.807, 2.05) is 11.8 Å². The SMILES string of the molecule is CCC[C@]1(C(=O)O)CCN(c2nc(N)nc3nc[nH]c23)C[C@H]1O. The third-order valence-corrected chi connectivity index (χ3v) is 4.56. The number of β-amino-alcohol motifs (C(OH)–C–C–N with tert-alkyl or cyclic N) is 1. The van der Waals surface area contributed by atoms with Gasteiger partial charge >= 0.3 is 5.97 Å². The third-order valence-electron chi connectivity index (χ3n) is 4.56. The molecular formula is C14H20N6O3. The van der Waals surface area contributed by atoms with Gasteiger partial charge in [0.05, 0.1) is 17.8 Å². The highest BCUT2D eigenvalue weighted by atomic mass is 16.4. The number of carbonyl (C=O) groups is 1. The van der Waals surface area contributed by atoms with Crippen LogP contribution in [-0.2, 0) is 4.79 Å². The van der Waals surface area contributed by atoms with Gasteiger partial charge in [0.1, 0.15) is 5.52 Å². The van der Waals surface area contributed by atoms with Crippen molar-refractivity contribution in [3.8, 4) is 0 Å². The Balaban J connectivity index is 1.92. The van der Waals surface area contributed by atoms with Gasteiger partial charge in [0.2, 0.25) is 5.95 Å². The van der Waals surface area contributed by atoms with Gasteiger partial charge in [-0.25, -0.2) is 4.98 Å². The van der Waals surface area contributed by atoms with Crippen LogP contribution in [0.2, 0.25) is 0 Å². The fraction of sp³-hybridized carbons (Fsp3) is 0.571. The summed E-state index contributed by atoms with van der Waals surface area (Å²) in [4.78, 5) is 28.8. The number of nitrogens with two attached hydrogens (primary N) is 1. The molecule has 0 aliphatic carbocycles. The predicted molar refractivity (Wildman–Crippen MR) is 83.9 cm³/mol. The van der Waals surface area contributed by atoms with E-state index in [1.54, 1.807) is 0 Å². The maximum absolute atomic E-state index is 11.7. The molecule has 0 aromatic carbocycles. The van der Waals surface area contributed by atoms with E-state index in [2.05, 4.69) is 19.9 Å². The number of rotatable bonds is 4. The number of carboxylic acid groups (broad SMARTS) is 1. The van der Waals surface area contributed by atoms with Gasteiger partial charge in [-0.3, -0.25) is 4.79 Å². The topological polar surface area (TPSA) is 141 Å². The average Bonchev–Trinajstić information content (AvgIpc) is 2.96. The van der Waals surface area contributed by atoms with Gasteiger partial charge in [-0.15, -0.1) is 0 Å². The zero-order valence-corrected chi connectivity index (χ0v) is 12.9. The van der Waals surface area contributed by atoms with E-state index in [4.69, 9.17) is 5.73 Å². The average molecular weight is 320 g/mol. The molecule has 2 atom stereocenters. The second-order valence-electron chi connectivity index (χ2n) is 5.93. The van der Waals surface area contributed by atoms with E-state index in [9.17, 15) is 15.0 Å². The summed E-state index contributed by atoms with van der Waals surface area (Å²) in [6.07, 6.45) is 2.01. The van der Waals surface area contributed by atoms with Crippen LogP contribution in [0, 0.1) is 5.41 Å². The molecule has 3 heterocycles. The molecule has 1 saturated heterocycles. The summed E-state index contributed by atoms with van der Waals surface area (Å²) in [5.74, 6) is -0.308. The lowest BCUT2D eigenvalue weighted by Gasteiger charge is -2.43. The number of aromatic nitrogens is 4. The smallest absolute Gasteiger partial charge is 0.312 e. The van der Waals surface area contributed by atoms with Crippen LogP contribution in [0.1, 0.15) is 26.2 Å². The number of aromatic amines is 1. The highest BCUT2D eigenvalue weighted by Gasteiger charge is 2.48. The number of hydrogen-bond donors (Lipinski definition) is 4. The van der Waals surface area contributed by atoms with Crippen molar-refractivity contribution in [1.29, 1.82) is 0 Å². The zero-order valence-electron chi connectivity index (χ0n) is 12.9. The first-order valence-electron chi connectivity index (χ1n) is 7.61. The monoisotopic (exact) mass is 320 g/mol. The van der Waals surface area contributed by atoms with E-state index < -0.39 is 17.5 Å². The molecule has 1 aliphatic heterocycles. The number of hydrogen-bond acceptors (Lipinski definition) is 7. The fourth-order valence-electron chi connectivity index (χ4n) is 3.33. The van der Waals surface area contributed by atoms with Crippen LogP contribution in [0.5, 0.6) is 0 Å². The number of piperidine rings is 1. The first-order valence-corrected chi connectivity index (χ1v) is 7.61. The Bertz CT molecular complexity index is 732. The quantitative estimate of drug-likeness (QED) is 0.633. The predicted octanol–water partition coefficient (Wildman–Crippen LogP) is 0.377. The molecule has 3 rings (SSSR count). The molecule has 0 radical (unpaired) electrons. The maximum atomic E-state index is 11.7. The molecule has 0 amide bonds. The number of nitrogen functional groups attached to an aromatic ring is 1. The summed E-state index contributed by atoms with van der Waals surface area (Å²) in [6.45, 7) is 2.56. The van der Waals surface area contributed by atoms with Crippen LogP contribution < -0.4 is 10.6 Å². The molecule has 0 spiro atoms. The highest BCUT2D eigenvalue weighted by molar-refractivity contribution is 5.84. The summed E-state index contributed by atoms with van der Waals surface area (Å²) in [5, 5.41) is 20.1. The Morgan fingerprint density at radius 1 is 1.57 bits per heavy atom. The molecule has 0 bridgehead atoms. The lowest BCUT2D eigenvalue weighted by Crippen LogP contribution is -2.55. The molecule has 0 saturated carbocycles. The molecular weight excluding hydrogens is 300 g/mol. The number of aliphatic carboxylic acids is 1. The van der Waals surface area contributed by atoms with Gasteiger partial charge in [0.15, 0.2) is 11.5 Å². The summed E-state index contributed by atoms with van der Waals surface area (Å²) in [6, 6.07) is 0. The minimum Gasteiger partial charge on any atom is -0.481 e. The van der Waals surface area contributed by atoms with Crippen LogP contribution in [0.4, 0.5) is 11.8 Å². The molecule has 23 heavy (non-hydrogen) atoms. The third kappa shape index (κ3) is 2.46. The number of nitrogens with zero attached hydrogens (tertiary/aromatic N) is 4. The van der Waals surface area contributed by atoms with Gasteiger partial charge in [0.25, 0.3) is 0 Å². The van der Waals surface area contributed by atoms with Gasteiger partial charge in [-0.1, -0.05) is 13.3 Å². The lowest BCUT2D eigenvalue weighted by molar-refractivity contribution is -0.159. The van der Waals surface area contributed by atoms with E-state index in [0.717, 1.165) is 0 Å². The summed E-state index contributed by atoms with van der Waals surface area (Å²) in [7, 11) is 0. The second kappa shape index (κ2) is 5.65. The molecule has 124 valence electrons. The van der Waals surface area contributed by atoms with Crippen LogP contribution in [-0.4, -0.2) is 55.3 Å². The number of aliphatic hydroxyl groups excluding tert-OH is 1. The number of aliphatic hydroxyl groups is 1. The molecule has 1 aliphatic rings. The van der Waals surface area contributed by atoms with E-state index in [1.165, 1.54) is 6.33 Å². The Kier molecular flexibility index (Phi) is 3.80. The number of carboxylic acids is 1. The normalized spacial score (nSPS) is 25.0.